The summed E-state index contributed by atoms with van der Waals surface area (Å²) < 4.78 is 28.8. The highest BCUT2D eigenvalue weighted by atomic mass is 19.1. The summed E-state index contributed by atoms with van der Waals surface area (Å²) in [4.78, 5) is 18.8. The van der Waals surface area contributed by atoms with E-state index >= 15 is 0 Å². The Labute approximate surface area is 185 Å². The molecule has 0 unspecified atom stereocenters. The number of carbonyl (C=O) groups is 1. The molecule has 5 nitrogen and oxygen atoms in total. The Morgan fingerprint density at radius 3 is 2.44 bits per heavy atom. The average Bonchev–Trinajstić information content (AvgIpc) is 3.14. The van der Waals surface area contributed by atoms with E-state index in [9.17, 15) is 13.6 Å². The smallest absolute Gasteiger partial charge is 0.271 e. The predicted octanol–water partition coefficient (Wildman–Crippen LogP) is 4.72. The zero-order valence-corrected chi connectivity index (χ0v) is 18.5. The molecule has 7 heteroatoms. The molecule has 2 bridgehead atoms. The number of rotatable bonds is 3. The molecule has 1 amide bonds. The van der Waals surface area contributed by atoms with Crippen molar-refractivity contribution >= 4 is 5.91 Å². The van der Waals surface area contributed by atoms with Gasteiger partial charge in [-0.05, 0) is 60.1 Å². The molecule has 0 radical (unpaired) electrons. The van der Waals surface area contributed by atoms with Gasteiger partial charge in [0.1, 0.15) is 17.3 Å². The Balaban J connectivity index is 1.69. The average molecular weight is 434 g/mol. The van der Waals surface area contributed by atoms with E-state index in [1.54, 1.807) is 26.2 Å². The summed E-state index contributed by atoms with van der Waals surface area (Å²) >= 11 is 0. The van der Waals surface area contributed by atoms with E-state index in [1.807, 2.05) is 12.1 Å². The van der Waals surface area contributed by atoms with Crippen LogP contribution in [0, 0.1) is 17.0 Å². The molecular formula is C25H24F2N4O. The maximum Gasteiger partial charge on any atom is 0.271 e. The minimum atomic E-state index is -0.659. The van der Waals surface area contributed by atoms with E-state index in [0.29, 0.717) is 5.69 Å². The largest absolute Gasteiger partial charge is 0.343 e. The summed E-state index contributed by atoms with van der Waals surface area (Å²) in [5, 5.41) is 8.79. The van der Waals surface area contributed by atoms with Crippen LogP contribution in [-0.2, 0) is 5.41 Å². The van der Waals surface area contributed by atoms with Crippen LogP contribution in [-0.4, -0.2) is 40.1 Å². The highest BCUT2D eigenvalue weighted by molar-refractivity contribution is 5.92. The van der Waals surface area contributed by atoms with Crippen LogP contribution in [0.15, 0.2) is 42.5 Å². The SMILES string of the molecule is CN(C)C(=O)c1cccc([C@]23CC[C@@H](c4cc(-c5c(F)cccc5F)nnc42)C3(C)C)n1. The second-order valence-electron chi connectivity index (χ2n) is 9.46. The van der Waals surface area contributed by atoms with Gasteiger partial charge < -0.3 is 4.90 Å². The van der Waals surface area contributed by atoms with Gasteiger partial charge in [0.15, 0.2) is 0 Å². The van der Waals surface area contributed by atoms with Crippen molar-refractivity contribution in [2.45, 2.75) is 38.0 Å². The molecule has 2 atom stereocenters. The van der Waals surface area contributed by atoms with E-state index in [2.05, 4.69) is 24.0 Å². The van der Waals surface area contributed by atoms with Crippen LogP contribution in [0.3, 0.4) is 0 Å². The number of amides is 1. The first-order chi connectivity index (χ1) is 15.2. The molecule has 32 heavy (non-hydrogen) atoms. The highest BCUT2D eigenvalue weighted by Gasteiger charge is 2.65. The molecular weight excluding hydrogens is 410 g/mol. The third kappa shape index (κ3) is 2.60. The fourth-order valence-electron chi connectivity index (χ4n) is 5.78. The van der Waals surface area contributed by atoms with Crippen molar-refractivity contribution in [2.24, 2.45) is 5.41 Å². The lowest BCUT2D eigenvalue weighted by molar-refractivity contribution is 0.0821. The van der Waals surface area contributed by atoms with Crippen molar-refractivity contribution in [2.75, 3.05) is 14.1 Å². The van der Waals surface area contributed by atoms with Crippen molar-refractivity contribution < 1.29 is 13.6 Å². The van der Waals surface area contributed by atoms with Gasteiger partial charge in [0.25, 0.3) is 5.91 Å². The van der Waals surface area contributed by atoms with Crippen molar-refractivity contribution in [3.8, 4) is 11.3 Å². The number of carbonyl (C=O) groups excluding carboxylic acids is 1. The van der Waals surface area contributed by atoms with Crippen LogP contribution in [0.1, 0.15) is 60.0 Å². The van der Waals surface area contributed by atoms with Gasteiger partial charge >= 0.3 is 0 Å². The lowest BCUT2D eigenvalue weighted by Gasteiger charge is -2.37. The fraction of sp³-hybridized carbons (Fsp3) is 0.360. The van der Waals surface area contributed by atoms with Crippen molar-refractivity contribution in [1.82, 2.24) is 20.1 Å². The third-order valence-electron chi connectivity index (χ3n) is 7.41. The van der Waals surface area contributed by atoms with E-state index in [0.717, 1.165) is 29.8 Å². The number of hydrogen-bond acceptors (Lipinski definition) is 4. The first kappa shape index (κ1) is 20.7. The Morgan fingerprint density at radius 2 is 1.75 bits per heavy atom. The van der Waals surface area contributed by atoms with E-state index in [4.69, 9.17) is 4.98 Å². The van der Waals surface area contributed by atoms with Crippen LogP contribution < -0.4 is 0 Å². The zero-order chi connectivity index (χ0) is 22.8. The quantitative estimate of drug-likeness (QED) is 0.598. The maximum atomic E-state index is 14.4. The monoisotopic (exact) mass is 434 g/mol. The highest BCUT2D eigenvalue weighted by Crippen LogP contribution is 2.69. The normalized spacial score (nSPS) is 22.6. The fourth-order valence-corrected chi connectivity index (χ4v) is 5.78. The first-order valence-corrected chi connectivity index (χ1v) is 10.7. The van der Waals surface area contributed by atoms with Crippen LogP contribution in [0.4, 0.5) is 8.78 Å². The standard InChI is InChI=1S/C25H24F2N4O/c1-24(2)15-11-12-25(24,20-10-6-9-18(28-20)23(32)31(3)4)22-14(15)13-19(29-30-22)21-16(26)7-5-8-17(21)27/h5-10,13,15H,11-12H2,1-4H3/t15-,25+/m0/s1. The molecule has 0 spiro atoms. The second-order valence-corrected chi connectivity index (χ2v) is 9.46. The van der Waals surface area contributed by atoms with Gasteiger partial charge in [-0.3, -0.25) is 4.79 Å². The van der Waals surface area contributed by atoms with E-state index in [1.165, 1.54) is 23.1 Å². The molecule has 1 saturated carbocycles. The summed E-state index contributed by atoms with van der Waals surface area (Å²) in [5.41, 5.74) is 2.19. The predicted molar refractivity (Wildman–Crippen MR) is 116 cm³/mol. The first-order valence-electron chi connectivity index (χ1n) is 10.7. The molecule has 0 saturated heterocycles. The second kappa shape index (κ2) is 6.89. The lowest BCUT2D eigenvalue weighted by atomic mass is 9.66. The summed E-state index contributed by atoms with van der Waals surface area (Å²) in [7, 11) is 3.40. The summed E-state index contributed by atoms with van der Waals surface area (Å²) in [5.74, 6) is -1.33. The molecule has 1 fully saturated rings. The number of nitrogens with zero attached hydrogens (tertiary/aromatic N) is 4. The van der Waals surface area contributed by atoms with Gasteiger partial charge in [-0.2, -0.15) is 5.10 Å². The zero-order valence-electron chi connectivity index (χ0n) is 18.5. The van der Waals surface area contributed by atoms with Crippen LogP contribution >= 0.6 is 0 Å². The summed E-state index contributed by atoms with van der Waals surface area (Å²) in [6.45, 7) is 4.36. The van der Waals surface area contributed by atoms with Gasteiger partial charge in [-0.1, -0.05) is 26.0 Å². The van der Waals surface area contributed by atoms with Crippen molar-refractivity contribution in [3.63, 3.8) is 0 Å². The number of fused-ring (bicyclic) bond motifs is 5. The van der Waals surface area contributed by atoms with E-state index in [-0.39, 0.29) is 28.5 Å². The van der Waals surface area contributed by atoms with Crippen LogP contribution in [0.25, 0.3) is 11.3 Å². The molecule has 2 aliphatic carbocycles. The molecule has 0 aliphatic heterocycles. The molecule has 2 aromatic heterocycles. The van der Waals surface area contributed by atoms with E-state index < -0.39 is 17.0 Å². The van der Waals surface area contributed by atoms with Crippen LogP contribution in [0.5, 0.6) is 0 Å². The van der Waals surface area contributed by atoms with Gasteiger partial charge in [-0.15, -0.1) is 5.10 Å². The number of pyridine rings is 1. The van der Waals surface area contributed by atoms with Gasteiger partial charge in [-0.25, -0.2) is 13.8 Å². The number of halogens is 2. The Kier molecular flexibility index (Phi) is 4.45. The maximum absolute atomic E-state index is 14.4. The van der Waals surface area contributed by atoms with Crippen LogP contribution in [0.2, 0.25) is 0 Å². The molecule has 2 aliphatic rings. The summed E-state index contributed by atoms with van der Waals surface area (Å²) in [6, 6.07) is 11.1. The Morgan fingerprint density at radius 1 is 1.06 bits per heavy atom. The molecule has 5 rings (SSSR count). The number of aromatic nitrogens is 3. The molecule has 0 N–H and O–H groups in total. The minimum Gasteiger partial charge on any atom is -0.343 e. The van der Waals surface area contributed by atoms with Gasteiger partial charge in [0, 0.05) is 14.1 Å². The molecule has 3 aromatic rings. The van der Waals surface area contributed by atoms with Crippen molar-refractivity contribution in [3.05, 3.63) is 76.7 Å². The Bertz CT molecular complexity index is 1240. The van der Waals surface area contributed by atoms with Gasteiger partial charge in [0.2, 0.25) is 0 Å². The van der Waals surface area contributed by atoms with Crippen molar-refractivity contribution in [1.29, 1.82) is 0 Å². The lowest BCUT2D eigenvalue weighted by Crippen LogP contribution is -2.38. The number of hydrogen-bond donors (Lipinski definition) is 0. The number of benzene rings is 1. The van der Waals surface area contributed by atoms with Gasteiger partial charge in [0.05, 0.1) is 28.1 Å². The Hall–Kier alpha value is -3.22. The molecule has 2 heterocycles. The minimum absolute atomic E-state index is 0.150. The molecule has 1 aromatic carbocycles. The topological polar surface area (TPSA) is 59.0 Å². The molecule has 164 valence electrons. The summed E-state index contributed by atoms with van der Waals surface area (Å²) in [6.07, 6.45) is 1.73. The third-order valence-corrected chi connectivity index (χ3v) is 7.41.